The van der Waals surface area contributed by atoms with Crippen LogP contribution in [0.25, 0.3) is 11.3 Å². The number of fused-ring (bicyclic) bond motifs is 3. The second kappa shape index (κ2) is 16.2. The third kappa shape index (κ3) is 7.45. The summed E-state index contributed by atoms with van der Waals surface area (Å²) in [5.74, 6) is -1.25. The number of piperazine rings is 1. The van der Waals surface area contributed by atoms with Gasteiger partial charge in [-0.2, -0.15) is 0 Å². The van der Waals surface area contributed by atoms with Crippen LogP contribution < -0.4 is 26.0 Å². The van der Waals surface area contributed by atoms with Gasteiger partial charge in [-0.15, -0.1) is 11.3 Å². The van der Waals surface area contributed by atoms with Crippen molar-refractivity contribution in [3.8, 4) is 11.3 Å². The van der Waals surface area contributed by atoms with Crippen molar-refractivity contribution in [3.63, 3.8) is 0 Å². The zero-order chi connectivity index (χ0) is 39.8. The molecule has 16 heteroatoms. The Morgan fingerprint density at radius 3 is 2.65 bits per heavy atom. The molecule has 4 aliphatic rings. The van der Waals surface area contributed by atoms with E-state index < -0.39 is 30.1 Å². The Balaban J connectivity index is 1.09. The number of aromatic nitrogens is 3. The quantitative estimate of drug-likeness (QED) is 0.169. The van der Waals surface area contributed by atoms with E-state index >= 15 is 0 Å². The van der Waals surface area contributed by atoms with Crippen LogP contribution in [0.1, 0.15) is 56.9 Å². The minimum absolute atomic E-state index is 0.0256. The third-order valence-electron chi connectivity index (χ3n) is 11.5. The molecule has 0 spiro atoms. The monoisotopic (exact) mass is 794 g/mol. The summed E-state index contributed by atoms with van der Waals surface area (Å²) in [5.41, 5.74) is 4.63. The number of aliphatic hydroxyl groups excluding tert-OH is 1. The Hall–Kier alpha value is -5.42. The number of aliphatic hydroxyl groups is 1. The lowest BCUT2D eigenvalue weighted by molar-refractivity contribution is -0.140. The number of nitrogens with zero attached hydrogens (tertiary/aromatic N) is 6. The highest BCUT2D eigenvalue weighted by atomic mass is 32.1. The van der Waals surface area contributed by atoms with E-state index in [-0.39, 0.29) is 17.8 Å². The number of pyridine rings is 1. The second-order valence-corrected chi connectivity index (χ2v) is 16.0. The number of rotatable bonds is 10. The summed E-state index contributed by atoms with van der Waals surface area (Å²) in [6.07, 6.45) is 11.0. The SMILES string of the molecule is C=CC(=O)Nc1cc(Nc2nc(-c3ccnc(N4CCc5c(sc6c5CCCC6)C4=O)c3CO)cn(C)c2=O)ccc1N1CCN(C2CCOCC2)C[C@@H]1C(=O)O. The van der Waals surface area contributed by atoms with Crippen LogP contribution in [0.5, 0.6) is 0 Å². The smallest absolute Gasteiger partial charge is 0.327 e. The number of nitrogens with one attached hydrogen (secondary N) is 2. The standard InChI is InChI=1S/C41H46N8O7S/c1-3-35(51)44-30-20-24(8-9-32(30)48-17-16-47(22-33(48)41(54)55)25-12-18-56-19-13-25)43-37-40(53)46(2)21-31(45-37)26-10-14-42-38(29(26)23-50)49-15-11-28-27-6-4-5-7-34(27)57-36(28)39(49)52/h3,8-10,14,20-21,25,33,50H,1,4-7,11-13,15-19,22-23H2,2H3,(H,43,45)(H,44,51)(H,54,55)/t33-/m1/s1. The van der Waals surface area contributed by atoms with E-state index in [4.69, 9.17) is 9.72 Å². The number of ether oxygens (including phenoxy) is 1. The molecule has 0 unspecified atom stereocenters. The highest BCUT2D eigenvalue weighted by Gasteiger charge is 2.37. The number of thiophene rings is 1. The summed E-state index contributed by atoms with van der Waals surface area (Å²) in [4.78, 5) is 69.8. The zero-order valence-electron chi connectivity index (χ0n) is 31.8. The fraction of sp³-hybridized carbons (Fsp3) is 0.415. The molecular formula is C41H46N8O7S. The van der Waals surface area contributed by atoms with Crippen LogP contribution in [0, 0.1) is 0 Å². The molecule has 15 nitrogen and oxygen atoms in total. The number of carbonyl (C=O) groups is 3. The molecule has 2 amide bonds. The van der Waals surface area contributed by atoms with Crippen molar-refractivity contribution in [3.05, 3.63) is 86.1 Å². The normalized spacial score (nSPS) is 18.8. The summed E-state index contributed by atoms with van der Waals surface area (Å²) >= 11 is 1.58. The first-order valence-corrected chi connectivity index (χ1v) is 20.2. The molecule has 0 bridgehead atoms. The topological polar surface area (TPSA) is 182 Å². The van der Waals surface area contributed by atoms with Gasteiger partial charge in [-0.3, -0.25) is 24.2 Å². The number of hydrogen-bond donors (Lipinski definition) is 4. The van der Waals surface area contributed by atoms with Crippen molar-refractivity contribution >= 4 is 57.8 Å². The zero-order valence-corrected chi connectivity index (χ0v) is 32.6. The van der Waals surface area contributed by atoms with E-state index in [2.05, 4.69) is 27.1 Å². The maximum atomic E-state index is 14.0. The molecule has 3 aliphatic heterocycles. The molecule has 4 aromatic rings. The minimum atomic E-state index is -0.972. The van der Waals surface area contributed by atoms with E-state index in [1.807, 2.05) is 0 Å². The molecule has 2 saturated heterocycles. The summed E-state index contributed by atoms with van der Waals surface area (Å²) in [7, 11) is 1.60. The molecule has 0 saturated carbocycles. The number of aryl methyl sites for hydroxylation is 2. The van der Waals surface area contributed by atoms with Crippen LogP contribution in [0.3, 0.4) is 0 Å². The molecule has 6 heterocycles. The van der Waals surface area contributed by atoms with Crippen LogP contribution in [0.2, 0.25) is 0 Å². The Labute approximate surface area is 333 Å². The molecule has 1 aliphatic carbocycles. The highest BCUT2D eigenvalue weighted by molar-refractivity contribution is 7.14. The summed E-state index contributed by atoms with van der Waals surface area (Å²) in [6, 6.07) is 6.15. The first kappa shape index (κ1) is 38.5. The number of carboxylic acids is 1. The predicted octanol–water partition coefficient (Wildman–Crippen LogP) is 4.10. The number of amides is 2. The van der Waals surface area contributed by atoms with Crippen molar-refractivity contribution in [2.24, 2.45) is 7.05 Å². The average molecular weight is 795 g/mol. The molecule has 298 valence electrons. The first-order valence-electron chi connectivity index (χ1n) is 19.4. The predicted molar refractivity (Wildman–Crippen MR) is 218 cm³/mol. The van der Waals surface area contributed by atoms with E-state index in [0.29, 0.717) is 85.5 Å². The van der Waals surface area contributed by atoms with E-state index in [1.165, 1.54) is 15.0 Å². The van der Waals surface area contributed by atoms with Crippen molar-refractivity contribution in [2.45, 2.75) is 63.6 Å². The molecule has 4 N–H and O–H groups in total. The lowest BCUT2D eigenvalue weighted by Gasteiger charge is -2.45. The van der Waals surface area contributed by atoms with Gasteiger partial charge >= 0.3 is 5.97 Å². The maximum Gasteiger partial charge on any atom is 0.327 e. The van der Waals surface area contributed by atoms with Gasteiger partial charge in [0.1, 0.15) is 11.9 Å². The van der Waals surface area contributed by atoms with Crippen molar-refractivity contribution in [1.82, 2.24) is 19.4 Å². The largest absolute Gasteiger partial charge is 0.480 e. The molecular weight excluding hydrogens is 749 g/mol. The Kier molecular flexibility index (Phi) is 10.9. The fourth-order valence-electron chi connectivity index (χ4n) is 8.62. The maximum absolute atomic E-state index is 14.0. The number of carboxylic acid groups (broad SMARTS) is 1. The molecule has 3 aromatic heterocycles. The van der Waals surface area contributed by atoms with Gasteiger partial charge in [0.25, 0.3) is 11.5 Å². The van der Waals surface area contributed by atoms with Gasteiger partial charge in [-0.05, 0) is 86.4 Å². The second-order valence-electron chi connectivity index (χ2n) is 14.9. The van der Waals surface area contributed by atoms with Gasteiger partial charge in [0, 0.05) is 86.6 Å². The van der Waals surface area contributed by atoms with Crippen molar-refractivity contribution < 1.29 is 29.3 Å². The van der Waals surface area contributed by atoms with Gasteiger partial charge in [0.05, 0.1) is 28.6 Å². The van der Waals surface area contributed by atoms with Gasteiger partial charge in [-0.25, -0.2) is 14.8 Å². The first-order chi connectivity index (χ1) is 27.6. The average Bonchev–Trinajstić information content (AvgIpc) is 3.62. The summed E-state index contributed by atoms with van der Waals surface area (Å²) < 4.78 is 6.90. The lowest BCUT2D eigenvalue weighted by atomic mass is 9.92. The highest BCUT2D eigenvalue weighted by Crippen LogP contribution is 2.40. The number of aliphatic carboxylic acids is 1. The van der Waals surface area contributed by atoms with Crippen LogP contribution in [-0.2, 0) is 47.2 Å². The van der Waals surface area contributed by atoms with Crippen molar-refractivity contribution in [2.75, 3.05) is 59.8 Å². The molecule has 2 fully saturated rings. The third-order valence-corrected chi connectivity index (χ3v) is 12.8. The molecule has 1 atom stereocenters. The molecule has 8 rings (SSSR count). The van der Waals surface area contributed by atoms with Crippen LogP contribution in [0.4, 0.5) is 28.7 Å². The lowest BCUT2D eigenvalue weighted by Crippen LogP contribution is -2.59. The Morgan fingerprint density at radius 2 is 1.88 bits per heavy atom. The summed E-state index contributed by atoms with van der Waals surface area (Å²) in [5, 5.41) is 27.0. The van der Waals surface area contributed by atoms with Crippen LogP contribution in [-0.4, -0.2) is 98.9 Å². The van der Waals surface area contributed by atoms with E-state index in [9.17, 15) is 29.4 Å². The van der Waals surface area contributed by atoms with E-state index in [1.54, 1.807) is 64.8 Å². The number of carbonyl (C=O) groups excluding carboxylic acids is 2. The van der Waals surface area contributed by atoms with E-state index in [0.717, 1.165) is 55.0 Å². The van der Waals surface area contributed by atoms with Crippen molar-refractivity contribution in [1.29, 1.82) is 0 Å². The molecule has 1 aromatic carbocycles. The number of benzene rings is 1. The Morgan fingerprint density at radius 1 is 1.07 bits per heavy atom. The van der Waals surface area contributed by atoms with Gasteiger partial charge < -0.3 is 35.1 Å². The number of hydrogen-bond acceptors (Lipinski definition) is 12. The van der Waals surface area contributed by atoms with Crippen LogP contribution in [0.15, 0.2) is 54.1 Å². The van der Waals surface area contributed by atoms with Gasteiger partial charge in [0.2, 0.25) is 5.91 Å². The van der Waals surface area contributed by atoms with Gasteiger partial charge in [0.15, 0.2) is 5.82 Å². The number of anilines is 5. The molecule has 0 radical (unpaired) electrons. The Bertz CT molecular complexity index is 2300. The fourth-order valence-corrected chi connectivity index (χ4v) is 10.0. The summed E-state index contributed by atoms with van der Waals surface area (Å²) in [6.45, 7) is 6.28. The van der Waals surface area contributed by atoms with Gasteiger partial charge in [-0.1, -0.05) is 6.58 Å². The van der Waals surface area contributed by atoms with Crippen LogP contribution >= 0.6 is 11.3 Å². The minimum Gasteiger partial charge on any atom is -0.480 e. The molecule has 57 heavy (non-hydrogen) atoms.